The van der Waals surface area contributed by atoms with E-state index in [2.05, 4.69) is 0 Å². The quantitative estimate of drug-likeness (QED) is 0.661. The summed E-state index contributed by atoms with van der Waals surface area (Å²) in [4.78, 5) is 13.4. The van der Waals surface area contributed by atoms with Crippen molar-refractivity contribution in [1.82, 2.24) is 4.90 Å². The molecule has 5 heteroatoms. The molecule has 1 aromatic carbocycles. The van der Waals surface area contributed by atoms with Crippen LogP contribution in [-0.4, -0.2) is 44.8 Å². The normalized spacial score (nSPS) is 17.6. The number of β-amino-alcohol motifs (C(OH)–C–C–N with tert-alkyl or cyclic N) is 1. The van der Waals surface area contributed by atoms with E-state index < -0.39 is 5.60 Å². The molecule has 0 saturated carbocycles. The number of hydrogen-bond acceptors (Lipinski definition) is 4. The summed E-state index contributed by atoms with van der Waals surface area (Å²) in [5.74, 6) is -0.617. The summed E-state index contributed by atoms with van der Waals surface area (Å²) < 4.78 is 0. The van der Waals surface area contributed by atoms with Crippen LogP contribution in [0.15, 0.2) is 18.2 Å². The molecular formula is C12H15NO4. The standard InChI is InChI=1S/C12H15NO4/c1-2-12(17)6-13(7-12)11(16)9-5-8(14)3-4-10(9)15/h3-5,14-15,17H,2,6-7H2,1H3. The summed E-state index contributed by atoms with van der Waals surface area (Å²) in [5, 5.41) is 28.6. The maximum atomic E-state index is 11.9. The van der Waals surface area contributed by atoms with Crippen molar-refractivity contribution in [3.05, 3.63) is 23.8 Å². The van der Waals surface area contributed by atoms with Gasteiger partial charge >= 0.3 is 0 Å². The van der Waals surface area contributed by atoms with Crippen molar-refractivity contribution in [3.63, 3.8) is 0 Å². The molecule has 1 saturated heterocycles. The molecule has 92 valence electrons. The Morgan fingerprint density at radius 3 is 2.65 bits per heavy atom. The first-order valence-electron chi connectivity index (χ1n) is 5.49. The van der Waals surface area contributed by atoms with Gasteiger partial charge in [-0.3, -0.25) is 4.79 Å². The van der Waals surface area contributed by atoms with Gasteiger partial charge < -0.3 is 20.2 Å². The van der Waals surface area contributed by atoms with Gasteiger partial charge in [0, 0.05) is 0 Å². The van der Waals surface area contributed by atoms with Crippen LogP contribution in [0.1, 0.15) is 23.7 Å². The monoisotopic (exact) mass is 237 g/mol. The third-order valence-electron chi connectivity index (χ3n) is 3.13. The molecule has 2 rings (SSSR count). The second-order valence-electron chi connectivity index (χ2n) is 4.44. The molecule has 0 atom stereocenters. The third kappa shape index (κ3) is 2.06. The van der Waals surface area contributed by atoms with Crippen LogP contribution in [0.5, 0.6) is 11.5 Å². The van der Waals surface area contributed by atoms with Crippen molar-refractivity contribution in [2.75, 3.05) is 13.1 Å². The number of phenolic OH excluding ortho intramolecular Hbond substituents is 2. The number of aliphatic hydroxyl groups is 1. The number of nitrogens with zero attached hydrogens (tertiary/aromatic N) is 1. The Morgan fingerprint density at radius 2 is 2.06 bits per heavy atom. The predicted octanol–water partition coefficient (Wildman–Crippen LogP) is 0.695. The van der Waals surface area contributed by atoms with Crippen molar-refractivity contribution in [2.24, 2.45) is 0 Å². The van der Waals surface area contributed by atoms with Crippen LogP contribution in [0, 0.1) is 0 Å². The highest BCUT2D eigenvalue weighted by Gasteiger charge is 2.42. The van der Waals surface area contributed by atoms with Crippen molar-refractivity contribution in [2.45, 2.75) is 18.9 Å². The van der Waals surface area contributed by atoms with E-state index in [1.165, 1.54) is 23.1 Å². The molecule has 0 aromatic heterocycles. The van der Waals surface area contributed by atoms with Gasteiger partial charge in [0.1, 0.15) is 11.5 Å². The van der Waals surface area contributed by atoms with E-state index >= 15 is 0 Å². The number of amides is 1. The Bertz CT molecular complexity index is 452. The second kappa shape index (κ2) is 3.92. The van der Waals surface area contributed by atoms with Crippen LogP contribution in [0.4, 0.5) is 0 Å². The first-order chi connectivity index (χ1) is 7.95. The molecule has 1 fully saturated rings. The van der Waals surface area contributed by atoms with Crippen LogP contribution in [0.3, 0.4) is 0 Å². The third-order valence-corrected chi connectivity index (χ3v) is 3.13. The molecule has 5 nitrogen and oxygen atoms in total. The fourth-order valence-corrected chi connectivity index (χ4v) is 1.90. The average molecular weight is 237 g/mol. The SMILES string of the molecule is CCC1(O)CN(C(=O)c2cc(O)ccc2O)C1. The van der Waals surface area contributed by atoms with Crippen molar-refractivity contribution in [1.29, 1.82) is 0 Å². The lowest BCUT2D eigenvalue weighted by Gasteiger charge is -2.46. The number of rotatable bonds is 2. The fraction of sp³-hybridized carbons (Fsp3) is 0.417. The maximum Gasteiger partial charge on any atom is 0.257 e. The van der Waals surface area contributed by atoms with Gasteiger partial charge in [-0.15, -0.1) is 0 Å². The molecule has 0 unspecified atom stereocenters. The van der Waals surface area contributed by atoms with Gasteiger partial charge in [-0.1, -0.05) is 6.92 Å². The minimum absolute atomic E-state index is 0.0585. The highest BCUT2D eigenvalue weighted by Crippen LogP contribution is 2.29. The molecule has 1 aromatic rings. The maximum absolute atomic E-state index is 11.9. The van der Waals surface area contributed by atoms with Crippen molar-refractivity contribution < 1.29 is 20.1 Å². The smallest absolute Gasteiger partial charge is 0.257 e. The second-order valence-corrected chi connectivity index (χ2v) is 4.44. The number of benzene rings is 1. The van der Waals surface area contributed by atoms with Crippen LogP contribution in [-0.2, 0) is 0 Å². The van der Waals surface area contributed by atoms with E-state index in [0.717, 1.165) is 0 Å². The Morgan fingerprint density at radius 1 is 1.41 bits per heavy atom. The summed E-state index contributed by atoms with van der Waals surface area (Å²) in [6.45, 7) is 2.38. The molecule has 3 N–H and O–H groups in total. The average Bonchev–Trinajstić information content (AvgIpc) is 2.27. The molecular weight excluding hydrogens is 222 g/mol. The van der Waals surface area contributed by atoms with Crippen LogP contribution < -0.4 is 0 Å². The van der Waals surface area contributed by atoms with Crippen molar-refractivity contribution in [3.8, 4) is 11.5 Å². The molecule has 1 aliphatic heterocycles. The van der Waals surface area contributed by atoms with Gasteiger partial charge in [-0.05, 0) is 24.6 Å². The molecule has 1 aliphatic rings. The van der Waals surface area contributed by atoms with Crippen LogP contribution in [0.25, 0.3) is 0 Å². The lowest BCUT2D eigenvalue weighted by atomic mass is 9.90. The highest BCUT2D eigenvalue weighted by atomic mass is 16.3. The number of carbonyl (C=O) groups excluding carboxylic acids is 1. The summed E-state index contributed by atoms with van der Waals surface area (Å²) in [5.41, 5.74) is -0.745. The summed E-state index contributed by atoms with van der Waals surface area (Å²) in [6.07, 6.45) is 0.586. The number of phenols is 2. The van der Waals surface area contributed by atoms with E-state index in [0.29, 0.717) is 6.42 Å². The lowest BCUT2D eigenvalue weighted by molar-refractivity contribution is -0.0827. The zero-order valence-electron chi connectivity index (χ0n) is 9.55. The topological polar surface area (TPSA) is 81.0 Å². The largest absolute Gasteiger partial charge is 0.508 e. The van der Waals surface area contributed by atoms with E-state index in [9.17, 15) is 20.1 Å². The lowest BCUT2D eigenvalue weighted by Crippen LogP contribution is -2.63. The molecule has 1 amide bonds. The van der Waals surface area contributed by atoms with Crippen LogP contribution in [0.2, 0.25) is 0 Å². The van der Waals surface area contributed by atoms with E-state index in [1.807, 2.05) is 6.92 Å². The van der Waals surface area contributed by atoms with Gasteiger partial charge in [0.15, 0.2) is 0 Å². The number of hydrogen-bond donors (Lipinski definition) is 3. The van der Waals surface area contributed by atoms with E-state index in [1.54, 1.807) is 0 Å². The highest BCUT2D eigenvalue weighted by molar-refractivity contribution is 5.97. The Hall–Kier alpha value is -1.75. The van der Waals surface area contributed by atoms with Crippen molar-refractivity contribution >= 4 is 5.91 Å². The first kappa shape index (κ1) is 11.7. The minimum atomic E-state index is -0.803. The van der Waals surface area contributed by atoms with Crippen LogP contribution >= 0.6 is 0 Å². The summed E-state index contributed by atoms with van der Waals surface area (Å²) in [6, 6.07) is 3.81. The molecule has 0 spiro atoms. The Balaban J connectivity index is 2.14. The fourth-order valence-electron chi connectivity index (χ4n) is 1.90. The summed E-state index contributed by atoms with van der Waals surface area (Å²) in [7, 11) is 0. The molecule has 17 heavy (non-hydrogen) atoms. The first-order valence-corrected chi connectivity index (χ1v) is 5.49. The molecule has 0 radical (unpaired) electrons. The molecule has 0 bridgehead atoms. The minimum Gasteiger partial charge on any atom is -0.508 e. The summed E-state index contributed by atoms with van der Waals surface area (Å²) >= 11 is 0. The van der Waals surface area contributed by atoms with Gasteiger partial charge in [0.25, 0.3) is 5.91 Å². The number of carbonyl (C=O) groups is 1. The number of aromatic hydroxyl groups is 2. The number of likely N-dealkylation sites (tertiary alicyclic amines) is 1. The molecule has 1 heterocycles. The van der Waals surface area contributed by atoms with Gasteiger partial charge in [-0.25, -0.2) is 0 Å². The predicted molar refractivity (Wildman–Crippen MR) is 60.9 cm³/mol. The Kier molecular flexibility index (Phi) is 2.71. The Labute approximate surface area is 98.9 Å². The van der Waals surface area contributed by atoms with Gasteiger partial charge in [-0.2, -0.15) is 0 Å². The van der Waals surface area contributed by atoms with Gasteiger partial charge in [0.05, 0.1) is 24.3 Å². The van der Waals surface area contributed by atoms with E-state index in [4.69, 9.17) is 0 Å². The zero-order chi connectivity index (χ0) is 12.6. The van der Waals surface area contributed by atoms with Gasteiger partial charge in [0.2, 0.25) is 0 Å². The molecule has 0 aliphatic carbocycles. The zero-order valence-corrected chi connectivity index (χ0v) is 9.55. The van der Waals surface area contributed by atoms with E-state index in [-0.39, 0.29) is 36.1 Å².